The molecule has 27 heavy (non-hydrogen) atoms. The second-order valence-electron chi connectivity index (χ2n) is 5.99. The van der Waals surface area contributed by atoms with E-state index >= 15 is 0 Å². The first-order chi connectivity index (χ1) is 12.9. The molecule has 0 radical (unpaired) electrons. The van der Waals surface area contributed by atoms with E-state index in [-0.39, 0.29) is 11.1 Å². The highest BCUT2D eigenvalue weighted by atomic mass is 35.5. The number of imide groups is 1. The number of Topliss-reactive ketones (excluding diaryl/α,β-unsaturated/α-hetero) is 1. The minimum atomic E-state index is -0.880. The molecule has 6 nitrogen and oxygen atoms in total. The van der Waals surface area contributed by atoms with Crippen molar-refractivity contribution in [2.24, 2.45) is 0 Å². The molecule has 2 amide bonds. The fraction of sp³-hybridized carbons (Fsp3) is 0.250. The van der Waals surface area contributed by atoms with Gasteiger partial charge >= 0.3 is 0 Å². The molecule has 0 fully saturated rings. The van der Waals surface area contributed by atoms with Gasteiger partial charge in [0, 0.05) is 5.56 Å². The maximum atomic E-state index is 12.8. The Morgan fingerprint density at radius 1 is 1.22 bits per heavy atom. The Balaban J connectivity index is 1.87. The number of para-hydroxylation sites is 1. The van der Waals surface area contributed by atoms with Gasteiger partial charge in [0.2, 0.25) is 0 Å². The topological polar surface area (TPSA) is 72.9 Å². The van der Waals surface area contributed by atoms with Gasteiger partial charge in [-0.3, -0.25) is 19.3 Å². The lowest BCUT2D eigenvalue weighted by atomic mass is 10.1. The van der Waals surface area contributed by atoms with Gasteiger partial charge in [-0.2, -0.15) is 0 Å². The third kappa shape index (κ3) is 3.80. The summed E-state index contributed by atoms with van der Waals surface area (Å²) in [6, 6.07) is 11.2. The number of carbonyl (C=O) groups excluding carboxylic acids is 3. The molecule has 0 aromatic heterocycles. The molecule has 140 valence electrons. The molecule has 2 aromatic carbocycles. The van der Waals surface area contributed by atoms with E-state index in [1.807, 2.05) is 6.92 Å². The highest BCUT2D eigenvalue weighted by Crippen LogP contribution is 2.27. The molecule has 1 aliphatic heterocycles. The Morgan fingerprint density at radius 3 is 2.67 bits per heavy atom. The van der Waals surface area contributed by atoms with Crippen LogP contribution in [0.2, 0.25) is 5.02 Å². The number of ether oxygens (including phenoxy) is 2. The molecule has 0 bridgehead atoms. The van der Waals surface area contributed by atoms with Crippen LogP contribution in [0.1, 0.15) is 34.6 Å². The Kier molecular flexibility index (Phi) is 5.46. The molecule has 2 aromatic rings. The first-order valence-electron chi connectivity index (χ1n) is 8.49. The molecule has 1 unspecified atom stereocenters. The van der Waals surface area contributed by atoms with Gasteiger partial charge in [0.15, 0.2) is 11.9 Å². The molecule has 0 saturated heterocycles. The molecule has 1 atom stereocenters. The van der Waals surface area contributed by atoms with Gasteiger partial charge in [-0.05, 0) is 44.2 Å². The fourth-order valence-corrected chi connectivity index (χ4v) is 3.02. The summed E-state index contributed by atoms with van der Waals surface area (Å²) >= 11 is 6.12. The van der Waals surface area contributed by atoms with Crippen LogP contribution in [-0.2, 0) is 4.79 Å². The molecule has 0 saturated carbocycles. The van der Waals surface area contributed by atoms with Crippen molar-refractivity contribution in [3.63, 3.8) is 0 Å². The van der Waals surface area contributed by atoms with Crippen LogP contribution in [-0.4, -0.2) is 41.8 Å². The lowest BCUT2D eigenvalue weighted by Crippen LogP contribution is -2.44. The van der Waals surface area contributed by atoms with Crippen LogP contribution in [0.25, 0.3) is 0 Å². The summed E-state index contributed by atoms with van der Waals surface area (Å²) in [4.78, 5) is 39.0. The van der Waals surface area contributed by atoms with Gasteiger partial charge in [-0.15, -0.1) is 0 Å². The van der Waals surface area contributed by atoms with Crippen LogP contribution in [0.15, 0.2) is 42.5 Å². The van der Waals surface area contributed by atoms with Crippen molar-refractivity contribution in [3.05, 3.63) is 58.6 Å². The molecular formula is C20H18ClNO5. The van der Waals surface area contributed by atoms with Crippen LogP contribution in [0, 0.1) is 0 Å². The van der Waals surface area contributed by atoms with Gasteiger partial charge in [0.25, 0.3) is 11.8 Å². The van der Waals surface area contributed by atoms with E-state index in [4.69, 9.17) is 21.1 Å². The smallest absolute Gasteiger partial charge is 0.270 e. The summed E-state index contributed by atoms with van der Waals surface area (Å²) in [5, 5.41) is 0.290. The predicted molar refractivity (Wildman–Crippen MR) is 99.5 cm³/mol. The highest BCUT2D eigenvalue weighted by molar-refractivity contribution is 6.32. The molecule has 0 aliphatic carbocycles. The molecule has 0 spiro atoms. The van der Waals surface area contributed by atoms with Crippen molar-refractivity contribution in [2.45, 2.75) is 20.0 Å². The molecule has 7 heteroatoms. The first-order valence-corrected chi connectivity index (χ1v) is 8.87. The van der Waals surface area contributed by atoms with Crippen molar-refractivity contribution in [2.75, 3.05) is 13.2 Å². The summed E-state index contributed by atoms with van der Waals surface area (Å²) in [7, 11) is 0. The van der Waals surface area contributed by atoms with Crippen molar-refractivity contribution in [1.29, 1.82) is 0 Å². The summed E-state index contributed by atoms with van der Waals surface area (Å²) in [5.74, 6) is -0.754. The number of halogens is 1. The Labute approximate surface area is 161 Å². The minimum absolute atomic E-state index is 0.243. The van der Waals surface area contributed by atoms with Crippen molar-refractivity contribution >= 4 is 29.2 Å². The lowest BCUT2D eigenvalue weighted by molar-refractivity contribution is -0.134. The van der Waals surface area contributed by atoms with Gasteiger partial charge in [-0.1, -0.05) is 23.7 Å². The van der Waals surface area contributed by atoms with E-state index in [0.29, 0.717) is 23.1 Å². The summed E-state index contributed by atoms with van der Waals surface area (Å²) in [6.45, 7) is 3.42. The number of carbonyl (C=O) groups is 3. The monoisotopic (exact) mass is 387 g/mol. The van der Waals surface area contributed by atoms with Crippen LogP contribution in [0.4, 0.5) is 0 Å². The summed E-state index contributed by atoms with van der Waals surface area (Å²) < 4.78 is 10.9. The van der Waals surface area contributed by atoms with E-state index in [9.17, 15) is 14.4 Å². The third-order valence-electron chi connectivity index (χ3n) is 4.14. The number of hydrogen-bond donors (Lipinski definition) is 0. The number of nitrogens with zero attached hydrogens (tertiary/aromatic N) is 1. The molecule has 1 aliphatic rings. The Bertz CT molecular complexity index is 911. The van der Waals surface area contributed by atoms with E-state index in [0.717, 1.165) is 4.90 Å². The number of hydrogen-bond acceptors (Lipinski definition) is 5. The van der Waals surface area contributed by atoms with Crippen molar-refractivity contribution in [3.8, 4) is 11.5 Å². The largest absolute Gasteiger partial charge is 0.492 e. The highest BCUT2D eigenvalue weighted by Gasteiger charge is 2.35. The zero-order chi connectivity index (χ0) is 19.6. The van der Waals surface area contributed by atoms with E-state index in [1.165, 1.54) is 6.07 Å². The Hall–Kier alpha value is -2.86. The second-order valence-corrected chi connectivity index (χ2v) is 6.39. The molecular weight excluding hydrogens is 370 g/mol. The van der Waals surface area contributed by atoms with Crippen molar-refractivity contribution in [1.82, 2.24) is 4.90 Å². The average molecular weight is 388 g/mol. The maximum absolute atomic E-state index is 12.8. The van der Waals surface area contributed by atoms with Gasteiger partial charge < -0.3 is 9.47 Å². The van der Waals surface area contributed by atoms with Crippen LogP contribution in [0.3, 0.4) is 0 Å². The minimum Gasteiger partial charge on any atom is -0.492 e. The zero-order valence-corrected chi connectivity index (χ0v) is 15.7. The van der Waals surface area contributed by atoms with Gasteiger partial charge in [-0.25, -0.2) is 0 Å². The Morgan fingerprint density at radius 2 is 1.96 bits per heavy atom. The number of rotatable bonds is 5. The first kappa shape index (κ1) is 18.9. The molecule has 1 heterocycles. The van der Waals surface area contributed by atoms with E-state index in [2.05, 4.69) is 0 Å². The summed E-state index contributed by atoms with van der Waals surface area (Å²) in [5.41, 5.74) is 0.530. The normalized spacial score (nSPS) is 16.4. The number of benzene rings is 2. The van der Waals surface area contributed by atoms with E-state index in [1.54, 1.807) is 43.3 Å². The van der Waals surface area contributed by atoms with Crippen molar-refractivity contribution < 1.29 is 23.9 Å². The lowest BCUT2D eigenvalue weighted by Gasteiger charge is -2.19. The standard InChI is InChI=1S/C20H18ClNO5/c1-3-26-18-9-8-13(10-15(18)21)16(23)11-22-19(24)12(2)27-17-7-5-4-6-14(17)20(22)25/h4-10,12H,3,11H2,1-2H3. The van der Waals surface area contributed by atoms with Gasteiger partial charge in [0.1, 0.15) is 11.5 Å². The number of fused-ring (bicyclic) bond motifs is 1. The second kappa shape index (κ2) is 7.80. The van der Waals surface area contributed by atoms with Crippen LogP contribution in [0.5, 0.6) is 11.5 Å². The third-order valence-corrected chi connectivity index (χ3v) is 4.43. The quantitative estimate of drug-likeness (QED) is 0.581. The molecule has 0 N–H and O–H groups in total. The van der Waals surface area contributed by atoms with Crippen LogP contribution < -0.4 is 9.47 Å². The SMILES string of the molecule is CCOc1ccc(C(=O)CN2C(=O)c3ccccc3OC(C)C2=O)cc1Cl. The number of ketones is 1. The predicted octanol–water partition coefficient (Wildman–Crippen LogP) is 3.37. The fourth-order valence-electron chi connectivity index (χ4n) is 2.78. The maximum Gasteiger partial charge on any atom is 0.270 e. The summed E-state index contributed by atoms with van der Waals surface area (Å²) in [6.07, 6.45) is -0.880. The number of amides is 2. The average Bonchev–Trinajstić information content (AvgIpc) is 2.74. The van der Waals surface area contributed by atoms with Crippen LogP contribution >= 0.6 is 11.6 Å². The van der Waals surface area contributed by atoms with Gasteiger partial charge in [0.05, 0.1) is 23.7 Å². The molecule has 3 rings (SSSR count). The van der Waals surface area contributed by atoms with E-state index < -0.39 is 30.2 Å². The zero-order valence-electron chi connectivity index (χ0n) is 14.9.